The van der Waals surface area contributed by atoms with Crippen molar-refractivity contribution in [1.82, 2.24) is 0 Å². The highest BCUT2D eigenvalue weighted by atomic mass is 32.1. The SMILES string of the molecule is Cc1ccsc1C(=O)Nc1cccc(C)c1C(N)=S. The van der Waals surface area contributed by atoms with Crippen LogP contribution in [-0.2, 0) is 0 Å². The smallest absolute Gasteiger partial charge is 0.266 e. The summed E-state index contributed by atoms with van der Waals surface area (Å²) in [6.45, 7) is 3.83. The van der Waals surface area contributed by atoms with Gasteiger partial charge in [-0.1, -0.05) is 24.4 Å². The molecule has 0 fully saturated rings. The maximum absolute atomic E-state index is 12.2. The summed E-state index contributed by atoms with van der Waals surface area (Å²) in [4.78, 5) is 13.2. The van der Waals surface area contributed by atoms with Gasteiger partial charge in [-0.3, -0.25) is 4.79 Å². The number of nitrogens with one attached hydrogen (secondary N) is 1. The molecular weight excluding hydrogens is 276 g/mol. The van der Waals surface area contributed by atoms with Crippen molar-refractivity contribution in [3.8, 4) is 0 Å². The second kappa shape index (κ2) is 5.50. The number of benzene rings is 1. The quantitative estimate of drug-likeness (QED) is 0.853. The topological polar surface area (TPSA) is 55.1 Å². The molecule has 2 rings (SSSR count). The van der Waals surface area contributed by atoms with E-state index < -0.39 is 0 Å². The summed E-state index contributed by atoms with van der Waals surface area (Å²) in [5, 5.41) is 4.78. The Balaban J connectivity index is 2.35. The second-order valence-electron chi connectivity index (χ2n) is 4.25. The molecule has 0 saturated carbocycles. The number of nitrogens with two attached hydrogens (primary N) is 1. The van der Waals surface area contributed by atoms with Gasteiger partial charge in [0, 0.05) is 5.56 Å². The summed E-state index contributed by atoms with van der Waals surface area (Å²) in [5.41, 5.74) is 9.02. The lowest BCUT2D eigenvalue weighted by molar-refractivity contribution is 0.103. The van der Waals surface area contributed by atoms with Crippen molar-refractivity contribution in [3.05, 3.63) is 51.2 Å². The molecule has 98 valence electrons. The van der Waals surface area contributed by atoms with Crippen LogP contribution in [0.5, 0.6) is 0 Å². The maximum atomic E-state index is 12.2. The number of carbonyl (C=O) groups is 1. The van der Waals surface area contributed by atoms with Gasteiger partial charge in [0.25, 0.3) is 5.91 Å². The molecule has 0 aliphatic rings. The van der Waals surface area contributed by atoms with Crippen LogP contribution < -0.4 is 11.1 Å². The number of amides is 1. The fourth-order valence-electron chi connectivity index (χ4n) is 1.88. The first-order chi connectivity index (χ1) is 9.00. The third-order valence-electron chi connectivity index (χ3n) is 2.84. The van der Waals surface area contributed by atoms with Gasteiger partial charge in [0.1, 0.15) is 4.99 Å². The maximum Gasteiger partial charge on any atom is 0.266 e. The number of rotatable bonds is 3. The van der Waals surface area contributed by atoms with Crippen LogP contribution in [0.4, 0.5) is 5.69 Å². The molecule has 0 spiro atoms. The van der Waals surface area contributed by atoms with Crippen LogP contribution in [0, 0.1) is 13.8 Å². The Labute approximate surface area is 121 Å². The minimum Gasteiger partial charge on any atom is -0.389 e. The molecule has 0 atom stereocenters. The highest BCUT2D eigenvalue weighted by Gasteiger charge is 2.14. The van der Waals surface area contributed by atoms with Gasteiger partial charge in [-0.05, 0) is 42.5 Å². The number of hydrogen-bond donors (Lipinski definition) is 2. The first-order valence-corrected chi connectivity index (χ1v) is 7.04. The number of thiophene rings is 1. The monoisotopic (exact) mass is 290 g/mol. The van der Waals surface area contributed by atoms with Crippen LogP contribution in [0.1, 0.15) is 26.4 Å². The van der Waals surface area contributed by atoms with E-state index in [0.717, 1.165) is 16.7 Å². The molecule has 0 unspecified atom stereocenters. The van der Waals surface area contributed by atoms with Gasteiger partial charge in [-0.2, -0.15) is 0 Å². The molecule has 0 bridgehead atoms. The highest BCUT2D eigenvalue weighted by molar-refractivity contribution is 7.80. The fraction of sp³-hybridized carbons (Fsp3) is 0.143. The average molecular weight is 290 g/mol. The Morgan fingerprint density at radius 2 is 2.00 bits per heavy atom. The van der Waals surface area contributed by atoms with Gasteiger partial charge in [0.15, 0.2) is 0 Å². The lowest BCUT2D eigenvalue weighted by Gasteiger charge is -2.12. The van der Waals surface area contributed by atoms with Gasteiger partial charge in [-0.25, -0.2) is 0 Å². The standard InChI is InChI=1S/C14H14N2OS2/c1-8-4-3-5-10(11(8)13(15)18)16-14(17)12-9(2)6-7-19-12/h3-7H,1-2H3,(H2,15,18)(H,16,17). The summed E-state index contributed by atoms with van der Waals surface area (Å²) in [6, 6.07) is 7.52. The number of anilines is 1. The molecular formula is C14H14N2OS2. The average Bonchev–Trinajstić information content (AvgIpc) is 2.75. The molecule has 2 aromatic rings. The van der Waals surface area contributed by atoms with E-state index in [-0.39, 0.29) is 10.9 Å². The van der Waals surface area contributed by atoms with Gasteiger partial charge in [0.05, 0.1) is 10.6 Å². The normalized spacial score (nSPS) is 10.2. The number of hydrogen-bond acceptors (Lipinski definition) is 3. The fourth-order valence-corrected chi connectivity index (χ4v) is 2.97. The minimum absolute atomic E-state index is 0.129. The lowest BCUT2D eigenvalue weighted by atomic mass is 10.1. The van der Waals surface area contributed by atoms with Crippen molar-refractivity contribution >= 4 is 40.1 Å². The Hall–Kier alpha value is -1.72. The number of thiocarbonyl (C=S) groups is 1. The van der Waals surface area contributed by atoms with Crippen LogP contribution in [0.3, 0.4) is 0 Å². The Bertz CT molecular complexity index is 647. The van der Waals surface area contributed by atoms with E-state index in [1.807, 2.05) is 43.5 Å². The molecule has 1 aromatic heterocycles. The second-order valence-corrected chi connectivity index (χ2v) is 5.60. The molecule has 3 N–H and O–H groups in total. The zero-order valence-electron chi connectivity index (χ0n) is 10.7. The molecule has 0 aliphatic carbocycles. The third kappa shape index (κ3) is 2.83. The largest absolute Gasteiger partial charge is 0.389 e. The van der Waals surface area contributed by atoms with Crippen molar-refractivity contribution in [1.29, 1.82) is 0 Å². The lowest BCUT2D eigenvalue weighted by Crippen LogP contribution is -2.18. The molecule has 0 aliphatic heterocycles. The molecule has 19 heavy (non-hydrogen) atoms. The summed E-state index contributed by atoms with van der Waals surface area (Å²) in [6.07, 6.45) is 0. The van der Waals surface area contributed by atoms with E-state index in [4.69, 9.17) is 18.0 Å². The van der Waals surface area contributed by atoms with Crippen molar-refractivity contribution < 1.29 is 4.79 Å². The minimum atomic E-state index is -0.129. The van der Waals surface area contributed by atoms with E-state index in [1.165, 1.54) is 11.3 Å². The van der Waals surface area contributed by atoms with E-state index in [1.54, 1.807) is 0 Å². The van der Waals surface area contributed by atoms with E-state index in [0.29, 0.717) is 10.6 Å². The van der Waals surface area contributed by atoms with E-state index in [2.05, 4.69) is 5.32 Å². The Morgan fingerprint density at radius 1 is 1.26 bits per heavy atom. The van der Waals surface area contributed by atoms with Gasteiger partial charge < -0.3 is 11.1 Å². The van der Waals surface area contributed by atoms with Crippen molar-refractivity contribution in [2.45, 2.75) is 13.8 Å². The van der Waals surface area contributed by atoms with Crippen LogP contribution >= 0.6 is 23.6 Å². The van der Waals surface area contributed by atoms with Crippen molar-refractivity contribution in [2.75, 3.05) is 5.32 Å². The first kappa shape index (κ1) is 13.7. The molecule has 3 nitrogen and oxygen atoms in total. The zero-order valence-corrected chi connectivity index (χ0v) is 12.3. The van der Waals surface area contributed by atoms with Gasteiger partial charge in [0.2, 0.25) is 0 Å². The number of carbonyl (C=O) groups excluding carboxylic acids is 1. The Kier molecular flexibility index (Phi) is 3.97. The van der Waals surface area contributed by atoms with Crippen LogP contribution in [-0.4, -0.2) is 10.9 Å². The van der Waals surface area contributed by atoms with Crippen LogP contribution in [0.2, 0.25) is 0 Å². The van der Waals surface area contributed by atoms with E-state index >= 15 is 0 Å². The summed E-state index contributed by atoms with van der Waals surface area (Å²) in [7, 11) is 0. The molecule has 1 aromatic carbocycles. The summed E-state index contributed by atoms with van der Waals surface area (Å²) >= 11 is 6.46. The molecule has 0 saturated heterocycles. The zero-order chi connectivity index (χ0) is 14.0. The molecule has 0 radical (unpaired) electrons. The third-order valence-corrected chi connectivity index (χ3v) is 4.06. The summed E-state index contributed by atoms with van der Waals surface area (Å²) in [5.74, 6) is -0.129. The van der Waals surface area contributed by atoms with Crippen molar-refractivity contribution in [2.24, 2.45) is 5.73 Å². The molecule has 1 heterocycles. The number of aryl methyl sites for hydroxylation is 2. The van der Waals surface area contributed by atoms with Crippen LogP contribution in [0.15, 0.2) is 29.6 Å². The first-order valence-electron chi connectivity index (χ1n) is 5.75. The molecule has 5 heteroatoms. The van der Waals surface area contributed by atoms with Gasteiger partial charge >= 0.3 is 0 Å². The molecule has 1 amide bonds. The predicted octanol–water partition coefficient (Wildman–Crippen LogP) is 3.25. The predicted molar refractivity (Wildman–Crippen MR) is 84.1 cm³/mol. The van der Waals surface area contributed by atoms with Gasteiger partial charge in [-0.15, -0.1) is 11.3 Å². The van der Waals surface area contributed by atoms with Crippen molar-refractivity contribution in [3.63, 3.8) is 0 Å². The Morgan fingerprint density at radius 3 is 2.58 bits per heavy atom. The summed E-state index contributed by atoms with van der Waals surface area (Å²) < 4.78 is 0. The van der Waals surface area contributed by atoms with Crippen LogP contribution in [0.25, 0.3) is 0 Å². The highest BCUT2D eigenvalue weighted by Crippen LogP contribution is 2.22. The van der Waals surface area contributed by atoms with E-state index in [9.17, 15) is 4.79 Å².